The van der Waals surface area contributed by atoms with Crippen LogP contribution >= 0.6 is 0 Å². The number of methoxy groups -OCH3 is 1. The minimum absolute atomic E-state index is 0.0523. The zero-order valence-electron chi connectivity index (χ0n) is 17.9. The van der Waals surface area contributed by atoms with Gasteiger partial charge in [0, 0.05) is 17.0 Å². The predicted molar refractivity (Wildman–Crippen MR) is 119 cm³/mol. The Balaban J connectivity index is 4.05. The Kier molecular flexibility index (Phi) is 7.68. The molecule has 1 rings (SSSR count). The van der Waals surface area contributed by atoms with Crippen molar-refractivity contribution >= 4 is 0 Å². The lowest BCUT2D eigenvalue weighted by Gasteiger charge is -2.30. The summed E-state index contributed by atoms with van der Waals surface area (Å²) in [6.07, 6.45) is 5.59. The van der Waals surface area contributed by atoms with Gasteiger partial charge in [-0.1, -0.05) is 54.0 Å². The molecular weight excluding hydrogens is 328 g/mol. The second kappa shape index (κ2) is 9.28. The molecule has 0 unspecified atom stereocenters. The van der Waals surface area contributed by atoms with Gasteiger partial charge in [-0.05, 0) is 70.4 Å². The van der Waals surface area contributed by atoms with Crippen LogP contribution in [0.2, 0.25) is 0 Å². The van der Waals surface area contributed by atoms with E-state index in [1.54, 1.807) is 7.11 Å². The number of rotatable bonds is 7. The normalized spacial score (nSPS) is 12.4. The molecule has 1 heteroatoms. The zero-order chi connectivity index (χ0) is 20.9. The second-order valence-corrected chi connectivity index (χ2v) is 7.33. The quantitative estimate of drug-likeness (QED) is 0.371. The first-order valence-electron chi connectivity index (χ1n) is 9.07. The summed E-state index contributed by atoms with van der Waals surface area (Å²) < 4.78 is 5.73. The van der Waals surface area contributed by atoms with Crippen molar-refractivity contribution in [3.63, 3.8) is 0 Å². The van der Waals surface area contributed by atoms with Gasteiger partial charge in [0.05, 0.1) is 7.11 Å². The van der Waals surface area contributed by atoms with E-state index in [0.717, 1.165) is 44.7 Å². The number of terminal acetylenes is 1. The molecule has 1 atom stereocenters. The highest BCUT2D eigenvalue weighted by Crippen LogP contribution is 2.45. The lowest BCUT2D eigenvalue weighted by molar-refractivity contribution is 0.408. The van der Waals surface area contributed by atoms with Crippen LogP contribution in [-0.2, 0) is 0 Å². The minimum atomic E-state index is -0.0523. The summed E-state index contributed by atoms with van der Waals surface area (Å²) in [6.45, 7) is 25.1. The summed E-state index contributed by atoms with van der Waals surface area (Å²) in [7, 11) is 1.68. The Bertz CT molecular complexity index is 877. The van der Waals surface area contributed by atoms with Crippen molar-refractivity contribution in [2.45, 2.75) is 47.5 Å². The molecule has 0 N–H and O–H groups in total. The predicted octanol–water partition coefficient (Wildman–Crippen LogP) is 7.14. The fourth-order valence-electron chi connectivity index (χ4n) is 3.47. The third kappa shape index (κ3) is 4.92. The van der Waals surface area contributed by atoms with E-state index in [4.69, 9.17) is 11.2 Å². The van der Waals surface area contributed by atoms with Gasteiger partial charge in [-0.15, -0.1) is 6.42 Å². The van der Waals surface area contributed by atoms with Crippen molar-refractivity contribution in [1.29, 1.82) is 0 Å². The zero-order valence-corrected chi connectivity index (χ0v) is 17.9. The monoisotopic (exact) mass is 360 g/mol. The third-order valence-electron chi connectivity index (χ3n) is 4.79. The first-order valence-corrected chi connectivity index (χ1v) is 9.07. The van der Waals surface area contributed by atoms with Gasteiger partial charge in [0.15, 0.2) is 0 Å². The molecule has 0 aliphatic carbocycles. The SMILES string of the molecule is C#Cc1ccc([C@@H](C(C(=C)C)=C(C)C)/C(C(=C)C)=C(\C)C(=C)C)c(OC)c1. The molecule has 0 fully saturated rings. The van der Waals surface area contributed by atoms with E-state index in [1.807, 2.05) is 32.9 Å². The molecule has 1 aromatic carbocycles. The number of hydrogen-bond acceptors (Lipinski definition) is 1. The molecule has 0 amide bonds. The maximum absolute atomic E-state index is 5.73. The lowest BCUT2D eigenvalue weighted by atomic mass is 9.75. The van der Waals surface area contributed by atoms with Crippen LogP contribution in [0.4, 0.5) is 0 Å². The van der Waals surface area contributed by atoms with E-state index < -0.39 is 0 Å². The average molecular weight is 361 g/mol. The van der Waals surface area contributed by atoms with Gasteiger partial charge in [-0.3, -0.25) is 0 Å². The molecule has 0 heterocycles. The van der Waals surface area contributed by atoms with Crippen molar-refractivity contribution in [1.82, 2.24) is 0 Å². The Morgan fingerprint density at radius 1 is 0.926 bits per heavy atom. The van der Waals surface area contributed by atoms with E-state index in [2.05, 4.69) is 52.5 Å². The fourth-order valence-corrected chi connectivity index (χ4v) is 3.47. The molecule has 0 saturated carbocycles. The molecule has 0 spiro atoms. The summed E-state index contributed by atoms with van der Waals surface area (Å²) in [6, 6.07) is 5.92. The highest BCUT2D eigenvalue weighted by atomic mass is 16.5. The molecule has 27 heavy (non-hydrogen) atoms. The largest absolute Gasteiger partial charge is 0.496 e. The van der Waals surface area contributed by atoms with Gasteiger partial charge in [-0.25, -0.2) is 0 Å². The summed E-state index contributed by atoms with van der Waals surface area (Å²) in [5, 5.41) is 0. The summed E-state index contributed by atoms with van der Waals surface area (Å²) in [5.74, 6) is 3.40. The molecule has 1 aromatic rings. The maximum Gasteiger partial charge on any atom is 0.124 e. The Hall–Kier alpha value is -2.72. The van der Waals surface area contributed by atoms with Crippen molar-refractivity contribution < 1.29 is 4.74 Å². The Morgan fingerprint density at radius 2 is 1.48 bits per heavy atom. The highest BCUT2D eigenvalue weighted by molar-refractivity contribution is 5.60. The first-order chi connectivity index (χ1) is 12.6. The topological polar surface area (TPSA) is 9.23 Å². The van der Waals surface area contributed by atoms with Crippen molar-refractivity contribution in [2.75, 3.05) is 7.11 Å². The number of benzene rings is 1. The van der Waals surface area contributed by atoms with Gasteiger partial charge in [0.2, 0.25) is 0 Å². The van der Waals surface area contributed by atoms with E-state index in [0.29, 0.717) is 0 Å². The van der Waals surface area contributed by atoms with Crippen molar-refractivity contribution in [3.05, 3.63) is 88.1 Å². The van der Waals surface area contributed by atoms with Crippen LogP contribution in [-0.4, -0.2) is 7.11 Å². The molecule has 0 radical (unpaired) electrons. The number of allylic oxidation sites excluding steroid dienone is 7. The molecule has 0 aliphatic heterocycles. The van der Waals surface area contributed by atoms with Crippen LogP contribution in [0.1, 0.15) is 58.6 Å². The molecule has 1 nitrogen and oxygen atoms in total. The highest BCUT2D eigenvalue weighted by Gasteiger charge is 2.28. The fraction of sp³-hybridized carbons (Fsp3) is 0.308. The molecule has 0 saturated heterocycles. The van der Waals surface area contributed by atoms with Gasteiger partial charge in [-0.2, -0.15) is 0 Å². The van der Waals surface area contributed by atoms with Crippen LogP contribution in [0.3, 0.4) is 0 Å². The van der Waals surface area contributed by atoms with Crippen LogP contribution in [0.15, 0.2) is 76.9 Å². The summed E-state index contributed by atoms with van der Waals surface area (Å²) in [5.41, 5.74) is 9.57. The Morgan fingerprint density at radius 3 is 1.85 bits per heavy atom. The molecule has 0 aromatic heterocycles. The molecule has 142 valence electrons. The van der Waals surface area contributed by atoms with Gasteiger partial charge in [0.25, 0.3) is 0 Å². The van der Waals surface area contributed by atoms with Crippen molar-refractivity contribution in [2.24, 2.45) is 0 Å². The van der Waals surface area contributed by atoms with Crippen molar-refractivity contribution in [3.8, 4) is 18.1 Å². The summed E-state index contributed by atoms with van der Waals surface area (Å²) in [4.78, 5) is 0. The van der Waals surface area contributed by atoms with Crippen LogP contribution in [0, 0.1) is 12.3 Å². The van der Waals surface area contributed by atoms with E-state index in [1.165, 1.54) is 11.1 Å². The number of ether oxygens (including phenoxy) is 1. The second-order valence-electron chi connectivity index (χ2n) is 7.33. The van der Waals surface area contributed by atoms with Gasteiger partial charge >= 0.3 is 0 Å². The average Bonchev–Trinajstić information content (AvgIpc) is 2.59. The Labute approximate surface area is 165 Å². The molecule has 0 bridgehead atoms. The maximum atomic E-state index is 5.73. The van der Waals surface area contributed by atoms with Crippen LogP contribution < -0.4 is 4.74 Å². The van der Waals surface area contributed by atoms with Gasteiger partial charge in [0.1, 0.15) is 5.75 Å². The minimum Gasteiger partial charge on any atom is -0.496 e. The van der Waals surface area contributed by atoms with E-state index >= 15 is 0 Å². The third-order valence-corrected chi connectivity index (χ3v) is 4.79. The van der Waals surface area contributed by atoms with Crippen LogP contribution in [0.25, 0.3) is 0 Å². The standard InChI is InChI=1S/C26H32O/c1-12-21-13-14-22(23(15-21)27-11)26(24(17(4)5)18(6)7)25(19(8)9)20(10)16(2)3/h1,13-15,26H,2,4,8H2,3,5-7,9-11H3/b25-20+/t26-/m0/s1. The number of hydrogen-bond donors (Lipinski definition) is 0. The summed E-state index contributed by atoms with van der Waals surface area (Å²) >= 11 is 0. The molecule has 0 aliphatic rings. The van der Waals surface area contributed by atoms with Gasteiger partial charge < -0.3 is 4.74 Å². The first kappa shape index (κ1) is 22.3. The van der Waals surface area contributed by atoms with E-state index in [-0.39, 0.29) is 5.92 Å². The smallest absolute Gasteiger partial charge is 0.124 e. The molecular formula is C26H32O. The van der Waals surface area contributed by atoms with E-state index in [9.17, 15) is 0 Å². The lowest BCUT2D eigenvalue weighted by Crippen LogP contribution is -2.13. The van der Waals surface area contributed by atoms with Crippen LogP contribution in [0.5, 0.6) is 5.75 Å².